The van der Waals surface area contributed by atoms with E-state index < -0.39 is 0 Å². The number of fused-ring (bicyclic) bond motifs is 1. The lowest BCUT2D eigenvalue weighted by Crippen LogP contribution is -2.43. The van der Waals surface area contributed by atoms with Gasteiger partial charge in [0.05, 0.1) is 0 Å². The van der Waals surface area contributed by atoms with E-state index in [1.807, 2.05) is 0 Å². The quantitative estimate of drug-likeness (QED) is 0.880. The van der Waals surface area contributed by atoms with Crippen LogP contribution in [0.4, 0.5) is 0 Å². The first-order valence-electron chi connectivity index (χ1n) is 7.34. The van der Waals surface area contributed by atoms with Crippen molar-refractivity contribution in [1.29, 1.82) is 0 Å². The maximum absolute atomic E-state index is 3.49. The molecule has 102 valence electrons. The van der Waals surface area contributed by atoms with E-state index in [1.54, 1.807) is 0 Å². The van der Waals surface area contributed by atoms with Crippen molar-refractivity contribution >= 4 is 10.9 Å². The fourth-order valence-electron chi connectivity index (χ4n) is 3.07. The number of H-pyrrole nitrogens is 1. The molecule has 0 saturated carbocycles. The predicted molar refractivity (Wildman–Crippen MR) is 80.7 cm³/mol. The lowest BCUT2D eigenvalue weighted by molar-refractivity contribution is 0.238. The van der Waals surface area contributed by atoms with Crippen molar-refractivity contribution in [3.8, 4) is 0 Å². The third-order valence-electron chi connectivity index (χ3n) is 4.14. The fourth-order valence-corrected chi connectivity index (χ4v) is 3.07. The second kappa shape index (κ2) is 5.76. The minimum atomic E-state index is 1.14. The lowest BCUT2D eigenvalue weighted by atomic mass is 10.1. The van der Waals surface area contributed by atoms with E-state index in [2.05, 4.69) is 46.4 Å². The monoisotopic (exact) mass is 257 g/mol. The summed E-state index contributed by atoms with van der Waals surface area (Å²) in [6, 6.07) is 8.64. The SMILES string of the molecule is Cc1[nH]c2ccccc2c1CCCN1CCNCC1. The molecule has 3 rings (SSSR count). The first-order chi connectivity index (χ1) is 9.34. The number of aromatic nitrogens is 1. The molecule has 0 unspecified atom stereocenters. The Morgan fingerprint density at radius 2 is 1.95 bits per heavy atom. The van der Waals surface area contributed by atoms with E-state index in [0.717, 1.165) is 13.1 Å². The molecule has 0 spiro atoms. The van der Waals surface area contributed by atoms with Gasteiger partial charge in [-0.15, -0.1) is 0 Å². The number of piperazine rings is 1. The van der Waals surface area contributed by atoms with Crippen LogP contribution in [0.3, 0.4) is 0 Å². The minimum absolute atomic E-state index is 1.14. The maximum Gasteiger partial charge on any atom is 0.0458 e. The van der Waals surface area contributed by atoms with Crippen molar-refractivity contribution in [2.75, 3.05) is 32.7 Å². The summed E-state index contributed by atoms with van der Waals surface area (Å²) in [5.74, 6) is 0. The molecule has 2 N–H and O–H groups in total. The number of hydrogen-bond donors (Lipinski definition) is 2. The summed E-state index contributed by atoms with van der Waals surface area (Å²) in [7, 11) is 0. The van der Waals surface area contributed by atoms with E-state index in [-0.39, 0.29) is 0 Å². The molecule has 0 bridgehead atoms. The van der Waals surface area contributed by atoms with Crippen LogP contribution < -0.4 is 5.32 Å². The van der Waals surface area contributed by atoms with Gasteiger partial charge in [0.15, 0.2) is 0 Å². The van der Waals surface area contributed by atoms with Crippen LogP contribution in [0.1, 0.15) is 17.7 Å². The second-order valence-corrected chi connectivity index (χ2v) is 5.47. The number of aromatic amines is 1. The van der Waals surface area contributed by atoms with E-state index in [4.69, 9.17) is 0 Å². The molecule has 3 nitrogen and oxygen atoms in total. The van der Waals surface area contributed by atoms with E-state index in [0.29, 0.717) is 0 Å². The number of hydrogen-bond acceptors (Lipinski definition) is 2. The average molecular weight is 257 g/mol. The van der Waals surface area contributed by atoms with Crippen LogP contribution in [-0.2, 0) is 6.42 Å². The van der Waals surface area contributed by atoms with Crippen LogP contribution in [-0.4, -0.2) is 42.6 Å². The Morgan fingerprint density at radius 3 is 2.79 bits per heavy atom. The zero-order chi connectivity index (χ0) is 13.1. The molecule has 1 aliphatic heterocycles. The lowest BCUT2D eigenvalue weighted by Gasteiger charge is -2.27. The summed E-state index contributed by atoms with van der Waals surface area (Å²) in [6.45, 7) is 8.11. The molecule has 1 saturated heterocycles. The summed E-state index contributed by atoms with van der Waals surface area (Å²) in [5, 5.41) is 4.81. The van der Waals surface area contributed by atoms with Gasteiger partial charge in [0.2, 0.25) is 0 Å². The number of benzene rings is 1. The van der Waals surface area contributed by atoms with Gasteiger partial charge in [0.25, 0.3) is 0 Å². The molecule has 2 aromatic rings. The maximum atomic E-state index is 3.49. The highest BCUT2D eigenvalue weighted by atomic mass is 15.2. The van der Waals surface area contributed by atoms with Gasteiger partial charge in [0.1, 0.15) is 0 Å². The van der Waals surface area contributed by atoms with Crippen molar-refractivity contribution in [3.63, 3.8) is 0 Å². The molecular weight excluding hydrogens is 234 g/mol. The van der Waals surface area contributed by atoms with Crippen molar-refractivity contribution in [2.24, 2.45) is 0 Å². The van der Waals surface area contributed by atoms with E-state index >= 15 is 0 Å². The number of nitrogens with zero attached hydrogens (tertiary/aromatic N) is 1. The van der Waals surface area contributed by atoms with Crippen molar-refractivity contribution in [1.82, 2.24) is 15.2 Å². The highest BCUT2D eigenvalue weighted by Gasteiger charge is 2.11. The Hall–Kier alpha value is -1.32. The smallest absolute Gasteiger partial charge is 0.0458 e. The Morgan fingerprint density at radius 1 is 1.16 bits per heavy atom. The predicted octanol–water partition coefficient (Wildman–Crippen LogP) is 2.31. The topological polar surface area (TPSA) is 31.1 Å². The van der Waals surface area contributed by atoms with Crippen LogP contribution in [0.2, 0.25) is 0 Å². The summed E-state index contributed by atoms with van der Waals surface area (Å²) in [4.78, 5) is 6.06. The first-order valence-corrected chi connectivity index (χ1v) is 7.34. The van der Waals surface area contributed by atoms with Gasteiger partial charge in [-0.05, 0) is 37.9 Å². The van der Waals surface area contributed by atoms with Gasteiger partial charge in [-0.2, -0.15) is 0 Å². The number of rotatable bonds is 4. The third-order valence-corrected chi connectivity index (χ3v) is 4.14. The number of nitrogens with one attached hydrogen (secondary N) is 2. The molecule has 0 aliphatic carbocycles. The van der Waals surface area contributed by atoms with Crippen LogP contribution >= 0.6 is 0 Å². The van der Waals surface area contributed by atoms with Crippen molar-refractivity contribution in [3.05, 3.63) is 35.5 Å². The Kier molecular flexibility index (Phi) is 3.85. The first kappa shape index (κ1) is 12.7. The molecule has 3 heteroatoms. The molecule has 1 aromatic carbocycles. The normalized spacial score (nSPS) is 17.1. The second-order valence-electron chi connectivity index (χ2n) is 5.47. The molecule has 2 heterocycles. The Balaban J connectivity index is 1.63. The van der Waals surface area contributed by atoms with Gasteiger partial charge in [-0.1, -0.05) is 18.2 Å². The minimum Gasteiger partial charge on any atom is -0.358 e. The molecule has 0 radical (unpaired) electrons. The average Bonchev–Trinajstić information content (AvgIpc) is 2.76. The van der Waals surface area contributed by atoms with Gasteiger partial charge < -0.3 is 15.2 Å². The largest absolute Gasteiger partial charge is 0.358 e. The summed E-state index contributed by atoms with van der Waals surface area (Å²) in [6.07, 6.45) is 2.43. The zero-order valence-electron chi connectivity index (χ0n) is 11.7. The van der Waals surface area contributed by atoms with Crippen molar-refractivity contribution < 1.29 is 0 Å². The fraction of sp³-hybridized carbons (Fsp3) is 0.500. The summed E-state index contributed by atoms with van der Waals surface area (Å²) >= 11 is 0. The molecule has 1 fully saturated rings. The van der Waals surface area contributed by atoms with E-state index in [1.165, 1.54) is 54.6 Å². The van der Waals surface area contributed by atoms with Crippen LogP contribution in [0.5, 0.6) is 0 Å². The highest BCUT2D eigenvalue weighted by molar-refractivity contribution is 5.84. The standard InChI is InChI=1S/C16H23N3/c1-13-14(15-5-2-3-7-16(15)18-13)6-4-10-19-11-8-17-9-12-19/h2-3,5,7,17-18H,4,6,8-12H2,1H3. The molecule has 1 aliphatic rings. The molecular formula is C16H23N3. The molecule has 0 atom stereocenters. The van der Waals surface area contributed by atoms with Crippen molar-refractivity contribution in [2.45, 2.75) is 19.8 Å². The van der Waals surface area contributed by atoms with Gasteiger partial charge in [0, 0.05) is 42.8 Å². The van der Waals surface area contributed by atoms with Crippen LogP contribution in [0.15, 0.2) is 24.3 Å². The summed E-state index contributed by atoms with van der Waals surface area (Å²) < 4.78 is 0. The van der Waals surface area contributed by atoms with Gasteiger partial charge >= 0.3 is 0 Å². The Labute approximate surface area is 115 Å². The molecule has 1 aromatic heterocycles. The zero-order valence-corrected chi connectivity index (χ0v) is 11.7. The third kappa shape index (κ3) is 2.82. The summed E-state index contributed by atoms with van der Waals surface area (Å²) in [5.41, 5.74) is 4.12. The van der Waals surface area contributed by atoms with Crippen LogP contribution in [0, 0.1) is 6.92 Å². The van der Waals surface area contributed by atoms with Gasteiger partial charge in [-0.3, -0.25) is 0 Å². The Bertz CT molecular complexity index is 538. The number of para-hydroxylation sites is 1. The van der Waals surface area contributed by atoms with Crippen LogP contribution in [0.25, 0.3) is 10.9 Å². The highest BCUT2D eigenvalue weighted by Crippen LogP contribution is 2.23. The number of aryl methyl sites for hydroxylation is 2. The molecule has 19 heavy (non-hydrogen) atoms. The van der Waals surface area contributed by atoms with Gasteiger partial charge in [-0.25, -0.2) is 0 Å². The van der Waals surface area contributed by atoms with E-state index in [9.17, 15) is 0 Å². The molecule has 0 amide bonds.